The highest BCUT2D eigenvalue weighted by molar-refractivity contribution is 5.45. The summed E-state index contributed by atoms with van der Waals surface area (Å²) in [4.78, 5) is 2.17. The van der Waals surface area contributed by atoms with Crippen LogP contribution >= 0.6 is 0 Å². The molecular weight excluding hydrogens is 210 g/mol. The maximum Gasteiger partial charge on any atom is 0.0343 e. The molecule has 0 radical (unpaired) electrons. The fourth-order valence-electron chi connectivity index (χ4n) is 1.62. The molecule has 0 saturated heterocycles. The molecule has 1 rings (SSSR count). The molecule has 1 aromatic carbocycles. The second kappa shape index (κ2) is 6.62. The van der Waals surface area contributed by atoms with Crippen LogP contribution < -0.4 is 11.1 Å². The van der Waals surface area contributed by atoms with Gasteiger partial charge in [0.05, 0.1) is 0 Å². The average molecular weight is 235 g/mol. The lowest BCUT2D eigenvalue weighted by atomic mass is 10.1. The van der Waals surface area contributed by atoms with Crippen molar-refractivity contribution in [2.45, 2.75) is 26.4 Å². The molecule has 0 aliphatic carbocycles. The van der Waals surface area contributed by atoms with Crippen LogP contribution in [0.2, 0.25) is 0 Å². The Bertz CT molecular complexity index is 334. The maximum absolute atomic E-state index is 6.01. The standard InChI is InChI=1S/C14H25N3/c1-11(2)14(15)9-16-13-7-5-6-12(8-13)10-17(3)4/h5-8,11,14,16H,9-10,15H2,1-4H3. The molecule has 0 aromatic heterocycles. The van der Waals surface area contributed by atoms with Crippen LogP contribution in [0.15, 0.2) is 24.3 Å². The SMILES string of the molecule is CC(C)C(N)CNc1cccc(CN(C)C)c1. The highest BCUT2D eigenvalue weighted by Crippen LogP contribution is 2.12. The van der Waals surface area contributed by atoms with Gasteiger partial charge in [0, 0.05) is 24.8 Å². The minimum atomic E-state index is 0.201. The molecule has 0 aliphatic rings. The van der Waals surface area contributed by atoms with Crippen LogP contribution in [0.5, 0.6) is 0 Å². The van der Waals surface area contributed by atoms with Gasteiger partial charge in [0.1, 0.15) is 0 Å². The fraction of sp³-hybridized carbons (Fsp3) is 0.571. The molecule has 1 aromatic rings. The first-order valence-electron chi connectivity index (χ1n) is 6.22. The van der Waals surface area contributed by atoms with Crippen LogP contribution in [0.3, 0.4) is 0 Å². The van der Waals surface area contributed by atoms with Gasteiger partial charge >= 0.3 is 0 Å². The third-order valence-corrected chi connectivity index (χ3v) is 2.82. The molecule has 0 heterocycles. The van der Waals surface area contributed by atoms with Gasteiger partial charge in [0.25, 0.3) is 0 Å². The van der Waals surface area contributed by atoms with Crippen LogP contribution in [0.4, 0.5) is 5.69 Å². The van der Waals surface area contributed by atoms with Gasteiger partial charge in [-0.2, -0.15) is 0 Å². The molecule has 1 unspecified atom stereocenters. The van der Waals surface area contributed by atoms with Crippen molar-refractivity contribution in [3.8, 4) is 0 Å². The Labute approximate surface area is 105 Å². The largest absolute Gasteiger partial charge is 0.383 e. The van der Waals surface area contributed by atoms with Crippen molar-refractivity contribution in [3.63, 3.8) is 0 Å². The Morgan fingerprint density at radius 2 is 2.00 bits per heavy atom. The number of hydrogen-bond donors (Lipinski definition) is 2. The lowest BCUT2D eigenvalue weighted by Crippen LogP contribution is -2.34. The van der Waals surface area contributed by atoms with E-state index in [-0.39, 0.29) is 6.04 Å². The summed E-state index contributed by atoms with van der Waals surface area (Å²) in [5, 5.41) is 3.40. The summed E-state index contributed by atoms with van der Waals surface area (Å²) in [7, 11) is 4.16. The zero-order chi connectivity index (χ0) is 12.8. The normalized spacial score (nSPS) is 13.1. The van der Waals surface area contributed by atoms with Crippen molar-refractivity contribution in [2.24, 2.45) is 11.7 Å². The van der Waals surface area contributed by atoms with Crippen molar-refractivity contribution >= 4 is 5.69 Å². The van der Waals surface area contributed by atoms with Crippen molar-refractivity contribution in [1.29, 1.82) is 0 Å². The Morgan fingerprint density at radius 1 is 1.29 bits per heavy atom. The van der Waals surface area contributed by atoms with Gasteiger partial charge in [-0.15, -0.1) is 0 Å². The topological polar surface area (TPSA) is 41.3 Å². The molecule has 0 bridgehead atoms. The van der Waals surface area contributed by atoms with E-state index in [1.165, 1.54) is 5.56 Å². The maximum atomic E-state index is 6.01. The van der Waals surface area contributed by atoms with Crippen molar-refractivity contribution < 1.29 is 0 Å². The monoisotopic (exact) mass is 235 g/mol. The molecule has 3 heteroatoms. The average Bonchev–Trinajstić information content (AvgIpc) is 2.25. The van der Waals surface area contributed by atoms with E-state index >= 15 is 0 Å². The van der Waals surface area contributed by atoms with E-state index in [4.69, 9.17) is 5.73 Å². The fourth-order valence-corrected chi connectivity index (χ4v) is 1.62. The van der Waals surface area contributed by atoms with Crippen molar-refractivity contribution in [3.05, 3.63) is 29.8 Å². The minimum Gasteiger partial charge on any atom is -0.383 e. The van der Waals surface area contributed by atoms with E-state index in [9.17, 15) is 0 Å². The predicted molar refractivity (Wildman–Crippen MR) is 75.1 cm³/mol. The summed E-state index contributed by atoms with van der Waals surface area (Å²) in [6, 6.07) is 8.71. The number of nitrogens with one attached hydrogen (secondary N) is 1. The third-order valence-electron chi connectivity index (χ3n) is 2.82. The highest BCUT2D eigenvalue weighted by atomic mass is 15.0. The Morgan fingerprint density at radius 3 is 2.59 bits per heavy atom. The van der Waals surface area contributed by atoms with Crippen molar-refractivity contribution in [1.82, 2.24) is 4.90 Å². The summed E-state index contributed by atoms with van der Waals surface area (Å²) in [6.07, 6.45) is 0. The zero-order valence-electron chi connectivity index (χ0n) is 11.4. The molecule has 0 amide bonds. The first-order chi connectivity index (χ1) is 7.99. The smallest absolute Gasteiger partial charge is 0.0343 e. The number of anilines is 1. The number of nitrogens with zero attached hydrogens (tertiary/aromatic N) is 1. The van der Waals surface area contributed by atoms with Gasteiger partial charge in [-0.3, -0.25) is 0 Å². The van der Waals surface area contributed by atoms with Crippen LogP contribution in [0.25, 0.3) is 0 Å². The van der Waals surface area contributed by atoms with Gasteiger partial charge in [-0.1, -0.05) is 26.0 Å². The number of hydrogen-bond acceptors (Lipinski definition) is 3. The van der Waals surface area contributed by atoms with E-state index in [2.05, 4.69) is 62.4 Å². The van der Waals surface area contributed by atoms with Gasteiger partial charge in [0.15, 0.2) is 0 Å². The molecular formula is C14H25N3. The quantitative estimate of drug-likeness (QED) is 0.794. The van der Waals surface area contributed by atoms with Gasteiger partial charge in [-0.25, -0.2) is 0 Å². The molecule has 0 aliphatic heterocycles. The first-order valence-corrected chi connectivity index (χ1v) is 6.22. The molecule has 3 nitrogen and oxygen atoms in total. The Balaban J connectivity index is 2.54. The van der Waals surface area contributed by atoms with Gasteiger partial charge in [0.2, 0.25) is 0 Å². The van der Waals surface area contributed by atoms with Gasteiger partial charge in [-0.05, 0) is 37.7 Å². The highest BCUT2D eigenvalue weighted by Gasteiger charge is 2.06. The molecule has 1 atom stereocenters. The summed E-state index contributed by atoms with van der Waals surface area (Å²) in [6.45, 7) is 6.08. The van der Waals surface area contributed by atoms with E-state index in [0.29, 0.717) is 5.92 Å². The molecule has 0 saturated carbocycles. The molecule has 17 heavy (non-hydrogen) atoms. The van der Waals surface area contributed by atoms with E-state index in [1.54, 1.807) is 0 Å². The van der Waals surface area contributed by atoms with Crippen LogP contribution in [0.1, 0.15) is 19.4 Å². The number of nitrogens with two attached hydrogens (primary N) is 1. The summed E-state index contributed by atoms with van der Waals surface area (Å²) in [5.74, 6) is 0.507. The lowest BCUT2D eigenvalue weighted by molar-refractivity contribution is 0.402. The van der Waals surface area contributed by atoms with Crippen LogP contribution in [-0.2, 0) is 6.54 Å². The zero-order valence-corrected chi connectivity index (χ0v) is 11.4. The van der Waals surface area contributed by atoms with E-state index in [0.717, 1.165) is 18.8 Å². The first kappa shape index (κ1) is 14.0. The molecule has 0 spiro atoms. The molecule has 3 N–H and O–H groups in total. The number of benzene rings is 1. The van der Waals surface area contributed by atoms with Crippen molar-refractivity contribution in [2.75, 3.05) is 26.0 Å². The second-order valence-electron chi connectivity index (χ2n) is 5.23. The molecule has 0 fully saturated rings. The Kier molecular flexibility index (Phi) is 5.45. The summed E-state index contributed by atoms with van der Waals surface area (Å²) < 4.78 is 0. The summed E-state index contributed by atoms with van der Waals surface area (Å²) >= 11 is 0. The lowest BCUT2D eigenvalue weighted by Gasteiger charge is -2.17. The molecule has 96 valence electrons. The predicted octanol–water partition coefficient (Wildman–Crippen LogP) is 2.14. The van der Waals surface area contributed by atoms with Gasteiger partial charge < -0.3 is 16.0 Å². The van der Waals surface area contributed by atoms with Crippen LogP contribution in [-0.4, -0.2) is 31.6 Å². The Hall–Kier alpha value is -1.06. The minimum absolute atomic E-state index is 0.201. The van der Waals surface area contributed by atoms with Crippen LogP contribution in [0, 0.1) is 5.92 Å². The van der Waals surface area contributed by atoms with E-state index in [1.807, 2.05) is 0 Å². The third kappa shape index (κ3) is 5.20. The second-order valence-corrected chi connectivity index (χ2v) is 5.23. The van der Waals surface area contributed by atoms with E-state index < -0.39 is 0 Å². The number of rotatable bonds is 6. The summed E-state index contributed by atoms with van der Waals surface area (Å²) in [5.41, 5.74) is 8.48.